The number of nitrogens with one attached hydrogen (secondary N) is 1. The van der Waals surface area contributed by atoms with Gasteiger partial charge in [-0.1, -0.05) is 6.07 Å². The molecule has 3 heterocycles. The maximum Gasteiger partial charge on any atom is 0.270 e. The first-order valence-corrected chi connectivity index (χ1v) is 9.62. The first kappa shape index (κ1) is 20.2. The highest BCUT2D eigenvalue weighted by atomic mass is 16.6. The minimum atomic E-state index is -0.571. The van der Waals surface area contributed by atoms with Crippen molar-refractivity contribution in [2.45, 2.75) is 0 Å². The second kappa shape index (κ2) is 8.34. The Hall–Kier alpha value is -4.09. The quantitative estimate of drug-likeness (QED) is 0.457. The van der Waals surface area contributed by atoms with Crippen LogP contribution in [0.4, 0.5) is 11.5 Å². The van der Waals surface area contributed by atoms with Gasteiger partial charge in [-0.05, 0) is 6.07 Å². The van der Waals surface area contributed by atoms with Crippen molar-refractivity contribution in [1.82, 2.24) is 30.0 Å². The van der Waals surface area contributed by atoms with Crippen LogP contribution in [0.3, 0.4) is 0 Å². The molecule has 1 aromatic carbocycles. The SMILES string of the molecule is Cn1ncc2c(N3CCN(C(=O)CNC(=O)c4cccc([N+](=O)[O-])c4)CC3)ncnc21. The Morgan fingerprint density at radius 3 is 2.71 bits per heavy atom. The molecule has 2 amide bonds. The number of carbonyl (C=O) groups excluding carboxylic acids is 2. The lowest BCUT2D eigenvalue weighted by molar-refractivity contribution is -0.384. The van der Waals surface area contributed by atoms with Gasteiger partial charge in [-0.25, -0.2) is 9.97 Å². The molecule has 0 saturated carbocycles. The predicted molar refractivity (Wildman–Crippen MR) is 111 cm³/mol. The van der Waals surface area contributed by atoms with Crippen LogP contribution in [0.15, 0.2) is 36.8 Å². The molecule has 160 valence electrons. The third-order valence-corrected chi connectivity index (χ3v) is 5.16. The number of carbonyl (C=O) groups is 2. The molecule has 12 nitrogen and oxygen atoms in total. The number of amides is 2. The van der Waals surface area contributed by atoms with Crippen molar-refractivity contribution in [1.29, 1.82) is 0 Å². The molecule has 0 atom stereocenters. The van der Waals surface area contributed by atoms with Gasteiger partial charge in [-0.2, -0.15) is 5.10 Å². The molecule has 1 N–H and O–H groups in total. The van der Waals surface area contributed by atoms with E-state index < -0.39 is 10.8 Å². The molecular weight excluding hydrogens is 404 g/mol. The normalized spacial score (nSPS) is 14.0. The smallest absolute Gasteiger partial charge is 0.270 e. The van der Waals surface area contributed by atoms with Crippen LogP contribution in [-0.4, -0.2) is 74.1 Å². The Morgan fingerprint density at radius 1 is 1.19 bits per heavy atom. The number of nitrogens with zero attached hydrogens (tertiary/aromatic N) is 7. The molecule has 2 aromatic heterocycles. The maximum absolute atomic E-state index is 12.5. The highest BCUT2D eigenvalue weighted by Crippen LogP contribution is 2.23. The average molecular weight is 424 g/mol. The van der Waals surface area contributed by atoms with Gasteiger partial charge < -0.3 is 15.1 Å². The third-order valence-electron chi connectivity index (χ3n) is 5.16. The fraction of sp³-hybridized carbons (Fsp3) is 0.316. The fourth-order valence-corrected chi connectivity index (χ4v) is 3.50. The number of nitro benzene ring substituents is 1. The van der Waals surface area contributed by atoms with Crippen molar-refractivity contribution in [3.63, 3.8) is 0 Å². The second-order valence-electron chi connectivity index (χ2n) is 7.06. The van der Waals surface area contributed by atoms with Crippen molar-refractivity contribution in [3.8, 4) is 0 Å². The summed E-state index contributed by atoms with van der Waals surface area (Å²) in [5.74, 6) is 0.0347. The number of nitro groups is 1. The molecule has 1 saturated heterocycles. The van der Waals surface area contributed by atoms with Gasteiger partial charge in [0, 0.05) is 50.9 Å². The first-order valence-electron chi connectivity index (χ1n) is 9.62. The summed E-state index contributed by atoms with van der Waals surface area (Å²) in [6.07, 6.45) is 3.23. The highest BCUT2D eigenvalue weighted by molar-refractivity contribution is 5.97. The molecule has 0 bridgehead atoms. The molecular formula is C19H20N8O4. The van der Waals surface area contributed by atoms with Crippen LogP contribution in [0.2, 0.25) is 0 Å². The number of piperazine rings is 1. The molecule has 0 radical (unpaired) electrons. The van der Waals surface area contributed by atoms with E-state index in [0.717, 1.165) is 16.9 Å². The molecule has 31 heavy (non-hydrogen) atoms. The van der Waals surface area contributed by atoms with Crippen LogP contribution in [0.5, 0.6) is 0 Å². The summed E-state index contributed by atoms with van der Waals surface area (Å²) in [6, 6.07) is 5.38. The maximum atomic E-state index is 12.5. The van der Waals surface area contributed by atoms with Gasteiger partial charge in [-0.3, -0.25) is 24.4 Å². The van der Waals surface area contributed by atoms with E-state index in [1.54, 1.807) is 15.8 Å². The number of anilines is 1. The Balaban J connectivity index is 1.33. The van der Waals surface area contributed by atoms with Crippen molar-refractivity contribution >= 4 is 34.4 Å². The van der Waals surface area contributed by atoms with Crippen molar-refractivity contribution in [3.05, 3.63) is 52.5 Å². The number of fused-ring (bicyclic) bond motifs is 1. The summed E-state index contributed by atoms with van der Waals surface area (Å²) in [7, 11) is 1.82. The summed E-state index contributed by atoms with van der Waals surface area (Å²) in [6.45, 7) is 1.97. The Labute approximate surface area is 176 Å². The van der Waals surface area contributed by atoms with E-state index in [-0.39, 0.29) is 23.7 Å². The molecule has 1 aliphatic rings. The predicted octanol–water partition coefficient (Wildman–Crippen LogP) is 0.350. The van der Waals surface area contributed by atoms with E-state index in [2.05, 4.69) is 25.3 Å². The molecule has 0 aliphatic carbocycles. The standard InChI is InChI=1S/C19H20N8O4/c1-24-17-15(10-23-24)18(22-12-21-17)26-7-5-25(6-8-26)16(28)11-20-19(29)13-3-2-4-14(9-13)27(30)31/h2-4,9-10,12H,5-8,11H2,1H3,(H,20,29). The van der Waals surface area contributed by atoms with Gasteiger partial charge in [0.1, 0.15) is 12.1 Å². The summed E-state index contributed by atoms with van der Waals surface area (Å²) < 4.78 is 1.68. The van der Waals surface area contributed by atoms with Crippen LogP contribution in [0.25, 0.3) is 11.0 Å². The summed E-state index contributed by atoms with van der Waals surface area (Å²) in [5, 5.41) is 18.5. The van der Waals surface area contributed by atoms with Crippen LogP contribution in [-0.2, 0) is 11.8 Å². The molecule has 0 spiro atoms. The van der Waals surface area contributed by atoms with Crippen LogP contribution < -0.4 is 10.2 Å². The molecule has 1 fully saturated rings. The van der Waals surface area contributed by atoms with Crippen LogP contribution >= 0.6 is 0 Å². The minimum absolute atomic E-state index is 0.135. The topological polar surface area (TPSA) is 139 Å². The van der Waals surface area contributed by atoms with E-state index in [1.807, 2.05) is 7.05 Å². The fourth-order valence-electron chi connectivity index (χ4n) is 3.50. The van der Waals surface area contributed by atoms with E-state index in [4.69, 9.17) is 0 Å². The summed E-state index contributed by atoms with van der Waals surface area (Å²) in [5.41, 5.74) is 0.700. The van der Waals surface area contributed by atoms with E-state index in [0.29, 0.717) is 26.2 Å². The van der Waals surface area contributed by atoms with Gasteiger partial charge in [0.05, 0.1) is 23.1 Å². The van der Waals surface area contributed by atoms with E-state index >= 15 is 0 Å². The Kier molecular flexibility index (Phi) is 5.43. The largest absolute Gasteiger partial charge is 0.352 e. The Bertz CT molecular complexity index is 1150. The second-order valence-corrected chi connectivity index (χ2v) is 7.06. The zero-order valence-corrected chi connectivity index (χ0v) is 16.8. The van der Waals surface area contributed by atoms with Gasteiger partial charge in [0.15, 0.2) is 5.65 Å². The number of aromatic nitrogens is 4. The average Bonchev–Trinajstić information content (AvgIpc) is 3.18. The van der Waals surface area contributed by atoms with Gasteiger partial charge in [-0.15, -0.1) is 0 Å². The molecule has 4 rings (SSSR count). The summed E-state index contributed by atoms with van der Waals surface area (Å²) >= 11 is 0. The number of aryl methyl sites for hydroxylation is 1. The third kappa shape index (κ3) is 4.13. The van der Waals surface area contributed by atoms with E-state index in [1.165, 1.54) is 30.6 Å². The lowest BCUT2D eigenvalue weighted by Gasteiger charge is -2.35. The number of hydrogen-bond acceptors (Lipinski definition) is 8. The van der Waals surface area contributed by atoms with Crippen molar-refractivity contribution in [2.75, 3.05) is 37.6 Å². The zero-order chi connectivity index (χ0) is 22.0. The number of non-ortho nitro benzene ring substituents is 1. The van der Waals surface area contributed by atoms with Crippen molar-refractivity contribution in [2.24, 2.45) is 7.05 Å². The molecule has 0 unspecified atom stereocenters. The van der Waals surface area contributed by atoms with Gasteiger partial charge in [0.2, 0.25) is 5.91 Å². The van der Waals surface area contributed by atoms with Crippen molar-refractivity contribution < 1.29 is 14.5 Å². The minimum Gasteiger partial charge on any atom is -0.352 e. The first-order chi connectivity index (χ1) is 14.9. The monoisotopic (exact) mass is 424 g/mol. The summed E-state index contributed by atoms with van der Waals surface area (Å²) in [4.78, 5) is 47.4. The highest BCUT2D eigenvalue weighted by Gasteiger charge is 2.24. The lowest BCUT2D eigenvalue weighted by Crippen LogP contribution is -2.51. The number of rotatable bonds is 5. The number of benzene rings is 1. The van der Waals surface area contributed by atoms with Crippen LogP contribution in [0, 0.1) is 10.1 Å². The number of hydrogen-bond donors (Lipinski definition) is 1. The van der Waals surface area contributed by atoms with Gasteiger partial charge >= 0.3 is 0 Å². The molecule has 3 aromatic rings. The van der Waals surface area contributed by atoms with Crippen LogP contribution in [0.1, 0.15) is 10.4 Å². The Morgan fingerprint density at radius 2 is 1.97 bits per heavy atom. The van der Waals surface area contributed by atoms with E-state index in [9.17, 15) is 19.7 Å². The molecule has 1 aliphatic heterocycles. The zero-order valence-electron chi connectivity index (χ0n) is 16.8. The van der Waals surface area contributed by atoms with Gasteiger partial charge in [0.25, 0.3) is 11.6 Å². The molecule has 12 heteroatoms. The lowest BCUT2D eigenvalue weighted by atomic mass is 10.2.